The van der Waals surface area contributed by atoms with Gasteiger partial charge in [0.2, 0.25) is 15.8 Å². The predicted molar refractivity (Wildman–Crippen MR) is 118 cm³/mol. The largest absolute Gasteiger partial charge is 0.460 e. The molecule has 0 spiro atoms. The molecule has 8 nitrogen and oxygen atoms in total. The van der Waals surface area contributed by atoms with Gasteiger partial charge in [-0.2, -0.15) is 0 Å². The highest BCUT2D eigenvalue weighted by Gasteiger charge is 2.33. The Morgan fingerprint density at radius 1 is 1.12 bits per heavy atom. The summed E-state index contributed by atoms with van der Waals surface area (Å²) in [7, 11) is -3.41. The van der Waals surface area contributed by atoms with Crippen LogP contribution in [0, 0.1) is 0 Å². The van der Waals surface area contributed by atoms with Gasteiger partial charge in [-0.05, 0) is 50.1 Å². The molecular formula is C23H23NO7S. The van der Waals surface area contributed by atoms with Crippen LogP contribution in [0.4, 0.5) is 5.69 Å². The van der Waals surface area contributed by atoms with Crippen molar-refractivity contribution in [1.82, 2.24) is 0 Å². The fourth-order valence-electron chi connectivity index (χ4n) is 4.06. The van der Waals surface area contributed by atoms with Crippen LogP contribution in [0.25, 0.3) is 11.0 Å². The number of hydrogen-bond acceptors (Lipinski definition) is 7. The van der Waals surface area contributed by atoms with Gasteiger partial charge in [-0.1, -0.05) is 18.2 Å². The molecule has 4 rings (SSSR count). The van der Waals surface area contributed by atoms with Crippen LogP contribution in [0.2, 0.25) is 0 Å². The zero-order valence-electron chi connectivity index (χ0n) is 18.0. The molecule has 0 bridgehead atoms. The van der Waals surface area contributed by atoms with Crippen molar-refractivity contribution in [2.75, 3.05) is 17.2 Å². The summed E-state index contributed by atoms with van der Waals surface area (Å²) >= 11 is 0. The van der Waals surface area contributed by atoms with Gasteiger partial charge < -0.3 is 13.9 Å². The molecule has 0 amide bonds. The van der Waals surface area contributed by atoms with E-state index in [-0.39, 0.29) is 25.0 Å². The lowest BCUT2D eigenvalue weighted by Gasteiger charge is -2.21. The summed E-state index contributed by atoms with van der Waals surface area (Å²) in [4.78, 5) is 25.1. The maximum absolute atomic E-state index is 12.7. The molecule has 0 fully saturated rings. The summed E-state index contributed by atoms with van der Waals surface area (Å²) in [6.07, 6.45) is 1.67. The van der Waals surface area contributed by atoms with Crippen molar-refractivity contribution >= 4 is 38.6 Å². The van der Waals surface area contributed by atoms with E-state index < -0.39 is 22.0 Å². The number of anilines is 1. The molecule has 0 unspecified atom stereocenters. The molecule has 1 atom stereocenters. The summed E-state index contributed by atoms with van der Waals surface area (Å²) in [6.45, 7) is 3.53. The van der Waals surface area contributed by atoms with Gasteiger partial charge in [-0.3, -0.25) is 4.31 Å². The third kappa shape index (κ3) is 3.95. The Balaban J connectivity index is 1.58. The van der Waals surface area contributed by atoms with Crippen LogP contribution >= 0.6 is 0 Å². The van der Waals surface area contributed by atoms with Crippen molar-refractivity contribution in [1.29, 1.82) is 0 Å². The Morgan fingerprint density at radius 2 is 1.88 bits per heavy atom. The van der Waals surface area contributed by atoms with E-state index in [9.17, 15) is 18.0 Å². The third-order valence-electron chi connectivity index (χ3n) is 5.33. The zero-order valence-corrected chi connectivity index (χ0v) is 18.8. The monoisotopic (exact) mass is 457 g/mol. The van der Waals surface area contributed by atoms with Gasteiger partial charge in [0.05, 0.1) is 29.7 Å². The van der Waals surface area contributed by atoms with Gasteiger partial charge >= 0.3 is 11.9 Å². The van der Waals surface area contributed by atoms with E-state index >= 15 is 0 Å². The highest BCUT2D eigenvalue weighted by atomic mass is 32.2. The van der Waals surface area contributed by atoms with Crippen molar-refractivity contribution in [2.24, 2.45) is 0 Å². The summed E-state index contributed by atoms with van der Waals surface area (Å²) in [5.41, 5.74) is 2.57. The normalized spacial score (nSPS) is 15.6. The molecule has 1 aromatic heterocycles. The molecule has 1 aliphatic heterocycles. The standard InChI is InChI=1S/C23H23NO7S/c1-4-29-23(26)21-18(17-7-5-6-8-20(17)31-21)13-30-22(25)15-9-10-19-16(12-15)11-14(2)24(19)32(3,27)28/h5-10,12,14H,4,11,13H2,1-3H3/t14-/m0/s1. The minimum Gasteiger partial charge on any atom is -0.460 e. The molecule has 0 aliphatic carbocycles. The van der Waals surface area contributed by atoms with E-state index in [4.69, 9.17) is 13.9 Å². The molecule has 3 aromatic rings. The molecule has 168 valence electrons. The molecule has 0 N–H and O–H groups in total. The molecule has 2 aromatic carbocycles. The molecule has 0 radical (unpaired) electrons. The van der Waals surface area contributed by atoms with E-state index in [2.05, 4.69) is 0 Å². The number of fused-ring (bicyclic) bond motifs is 2. The third-order valence-corrected chi connectivity index (χ3v) is 6.60. The van der Waals surface area contributed by atoms with Gasteiger partial charge in [-0.25, -0.2) is 18.0 Å². The minimum atomic E-state index is -3.41. The number of ether oxygens (including phenoxy) is 2. The maximum atomic E-state index is 12.7. The lowest BCUT2D eigenvalue weighted by atomic mass is 10.1. The van der Waals surface area contributed by atoms with Crippen LogP contribution in [0.15, 0.2) is 46.9 Å². The van der Waals surface area contributed by atoms with Crippen molar-refractivity contribution in [3.8, 4) is 0 Å². The van der Waals surface area contributed by atoms with Crippen LogP contribution in [-0.2, 0) is 32.5 Å². The molecule has 2 heterocycles. The quantitative estimate of drug-likeness (QED) is 0.520. The van der Waals surface area contributed by atoms with Crippen molar-refractivity contribution in [3.63, 3.8) is 0 Å². The average molecular weight is 458 g/mol. The number of esters is 2. The molecule has 1 aliphatic rings. The SMILES string of the molecule is CCOC(=O)c1oc2ccccc2c1COC(=O)c1ccc2c(c1)C[C@H](C)N2S(C)(=O)=O. The summed E-state index contributed by atoms with van der Waals surface area (Å²) in [5.74, 6) is -1.20. The van der Waals surface area contributed by atoms with Crippen LogP contribution < -0.4 is 4.31 Å². The van der Waals surface area contributed by atoms with Crippen LogP contribution in [-0.4, -0.2) is 39.3 Å². The smallest absolute Gasteiger partial charge is 0.374 e. The molecule has 0 saturated heterocycles. The fraction of sp³-hybridized carbons (Fsp3) is 0.304. The second-order valence-electron chi connectivity index (χ2n) is 7.66. The Kier molecular flexibility index (Phi) is 5.68. The molecule has 0 saturated carbocycles. The van der Waals surface area contributed by atoms with E-state index in [0.717, 1.165) is 11.8 Å². The Morgan fingerprint density at radius 3 is 2.59 bits per heavy atom. The van der Waals surface area contributed by atoms with E-state index in [1.807, 2.05) is 6.92 Å². The van der Waals surface area contributed by atoms with Gasteiger partial charge in [0.1, 0.15) is 12.2 Å². The average Bonchev–Trinajstić information content (AvgIpc) is 3.28. The number of nitrogens with zero attached hydrogens (tertiary/aromatic N) is 1. The van der Waals surface area contributed by atoms with Crippen molar-refractivity contribution in [2.45, 2.75) is 32.9 Å². The molecular weight excluding hydrogens is 434 g/mol. The van der Waals surface area contributed by atoms with E-state index in [0.29, 0.717) is 34.2 Å². The first-order valence-electron chi connectivity index (χ1n) is 10.2. The molecule has 32 heavy (non-hydrogen) atoms. The summed E-state index contributed by atoms with van der Waals surface area (Å²) < 4.78 is 41.7. The number of carbonyl (C=O) groups excluding carboxylic acids is 2. The van der Waals surface area contributed by atoms with Crippen LogP contribution in [0.1, 0.15) is 45.9 Å². The van der Waals surface area contributed by atoms with E-state index in [1.54, 1.807) is 43.3 Å². The Labute approximate surface area is 185 Å². The number of furan rings is 1. The van der Waals surface area contributed by atoms with Crippen LogP contribution in [0.3, 0.4) is 0 Å². The lowest BCUT2D eigenvalue weighted by Crippen LogP contribution is -2.34. The maximum Gasteiger partial charge on any atom is 0.374 e. The zero-order chi connectivity index (χ0) is 23.0. The first kappa shape index (κ1) is 21.9. The number of benzene rings is 2. The minimum absolute atomic E-state index is 0.00687. The second kappa shape index (κ2) is 8.31. The van der Waals surface area contributed by atoms with Gasteiger partial charge in [0.15, 0.2) is 0 Å². The number of sulfonamides is 1. The lowest BCUT2D eigenvalue weighted by molar-refractivity contribution is 0.0435. The Bertz CT molecular complexity index is 1310. The summed E-state index contributed by atoms with van der Waals surface area (Å²) in [6, 6.07) is 11.7. The number of carbonyl (C=O) groups is 2. The van der Waals surface area contributed by atoms with Gasteiger partial charge in [0, 0.05) is 11.4 Å². The number of rotatable bonds is 6. The van der Waals surface area contributed by atoms with Crippen molar-refractivity contribution < 1.29 is 31.9 Å². The Hall–Kier alpha value is -3.33. The first-order chi connectivity index (χ1) is 15.2. The van der Waals surface area contributed by atoms with Crippen LogP contribution in [0.5, 0.6) is 0 Å². The second-order valence-corrected chi connectivity index (χ2v) is 9.52. The van der Waals surface area contributed by atoms with Crippen molar-refractivity contribution in [3.05, 3.63) is 64.9 Å². The highest BCUT2D eigenvalue weighted by Crippen LogP contribution is 2.35. The van der Waals surface area contributed by atoms with E-state index in [1.165, 1.54) is 10.4 Å². The highest BCUT2D eigenvalue weighted by molar-refractivity contribution is 7.92. The topological polar surface area (TPSA) is 103 Å². The first-order valence-corrected chi connectivity index (χ1v) is 12.0. The van der Waals surface area contributed by atoms with Gasteiger partial charge in [0.25, 0.3) is 0 Å². The fourth-order valence-corrected chi connectivity index (χ4v) is 5.32. The number of hydrogen-bond donors (Lipinski definition) is 0. The van der Waals surface area contributed by atoms with Gasteiger partial charge in [-0.15, -0.1) is 0 Å². The number of para-hydroxylation sites is 1. The summed E-state index contributed by atoms with van der Waals surface area (Å²) in [5, 5.41) is 0.662. The molecule has 9 heteroatoms. The predicted octanol–water partition coefficient (Wildman–Crippen LogP) is 3.68.